The Labute approximate surface area is 63.0 Å². The average molecular weight is 163 g/mol. The third kappa shape index (κ3) is 1.25. The highest BCUT2D eigenvalue weighted by atomic mass is 28.4. The second-order valence-corrected chi connectivity index (χ2v) is 5.86. The van der Waals surface area contributed by atoms with Crippen LogP contribution in [0.25, 0.3) is 0 Å². The molecule has 0 spiro atoms. The van der Waals surface area contributed by atoms with Crippen LogP contribution in [0.1, 0.15) is 6.92 Å². The third-order valence-corrected chi connectivity index (χ3v) is 4.91. The Morgan fingerprint density at radius 3 is 2.50 bits per heavy atom. The molecule has 0 aromatic heterocycles. The molecule has 3 nitrogen and oxygen atoms in total. The summed E-state index contributed by atoms with van der Waals surface area (Å²) in [6.45, 7) is 5.00. The zero-order valence-electron chi connectivity index (χ0n) is 7.01. The van der Waals surface area contributed by atoms with Crippen molar-refractivity contribution < 1.29 is 12.9 Å². The van der Waals surface area contributed by atoms with Gasteiger partial charge in [0, 0.05) is 7.11 Å². The molecule has 60 valence electrons. The predicted octanol–water partition coefficient (Wildman–Crippen LogP) is 0.802. The lowest BCUT2D eigenvalue weighted by Gasteiger charge is -2.18. The van der Waals surface area contributed by atoms with Crippen LogP contribution < -0.4 is 0 Å². The maximum atomic E-state index is 5.62. The topological polar surface area (TPSA) is 21.2 Å². The number of hydrogen-bond donors (Lipinski definition) is 0. The molecule has 0 aromatic rings. The lowest BCUT2D eigenvalue weighted by molar-refractivity contribution is 0.0179. The molecule has 0 bridgehead atoms. The van der Waals surface area contributed by atoms with Gasteiger partial charge in [-0.3, -0.25) is 0 Å². The Bertz CT molecular complexity index is 130. The fourth-order valence-corrected chi connectivity index (χ4v) is 3.06. The predicted molar refractivity (Wildman–Crippen MR) is 41.1 cm³/mol. The van der Waals surface area contributed by atoms with E-state index in [-0.39, 0.29) is 0 Å². The van der Waals surface area contributed by atoms with Crippen molar-refractivity contribution in [3.8, 4) is 0 Å². The summed E-state index contributed by atoms with van der Waals surface area (Å²) in [5, 5.41) is 0. The molecule has 0 N–H and O–H groups in total. The second-order valence-electron chi connectivity index (χ2n) is 2.80. The van der Waals surface area contributed by atoms with Gasteiger partial charge in [0.15, 0.2) is 6.61 Å². The van der Waals surface area contributed by atoms with Gasteiger partial charge in [0.05, 0.1) is 6.55 Å². The number of rotatable bonds is 1. The molecule has 2 atom stereocenters. The highest BCUT2D eigenvalue weighted by molar-refractivity contribution is 6.60. The van der Waals surface area contributed by atoms with Gasteiger partial charge in [0.2, 0.25) is 0 Å². The quantitative estimate of drug-likeness (QED) is 0.421. The van der Waals surface area contributed by atoms with Crippen molar-refractivity contribution in [2.45, 2.75) is 19.6 Å². The Kier molecular flexibility index (Phi) is 2.14. The fourth-order valence-electron chi connectivity index (χ4n) is 1.18. The molecule has 0 saturated carbocycles. The molecule has 2 unspecified atom stereocenters. The summed E-state index contributed by atoms with van der Waals surface area (Å²) in [5.74, 6) is 0. The molecule has 1 fully saturated rings. The highest BCUT2D eigenvalue weighted by Crippen LogP contribution is 2.24. The van der Waals surface area contributed by atoms with E-state index in [0.717, 1.165) is 6.61 Å². The van der Waals surface area contributed by atoms with Crippen molar-refractivity contribution >= 4 is 8.80 Å². The Hall–Kier alpha value is 0.0969. The van der Waals surface area contributed by atoms with Crippen molar-refractivity contribution in [2.75, 3.05) is 20.8 Å². The molecule has 4 heteroatoms. The van der Waals surface area contributed by atoms with Crippen LogP contribution in [0.2, 0.25) is 6.55 Å². The summed E-state index contributed by atoms with van der Waals surface area (Å²) < 4.78 is 13.9. The van der Waals surface area contributed by atoms with Crippen molar-refractivity contribution in [3.05, 3.63) is 0 Å². The van der Waals surface area contributed by atoms with Gasteiger partial charge in [-0.25, -0.2) is 0 Å². The van der Waals surface area contributed by atoms with E-state index in [4.69, 9.17) is 8.85 Å². The Morgan fingerprint density at radius 1 is 1.70 bits per heavy atom. The van der Waals surface area contributed by atoms with Crippen LogP contribution >= 0.6 is 0 Å². The van der Waals surface area contributed by atoms with Crippen molar-refractivity contribution in [3.63, 3.8) is 0 Å². The van der Waals surface area contributed by atoms with Crippen molar-refractivity contribution in [2.24, 2.45) is 0 Å². The first-order valence-corrected chi connectivity index (χ1v) is 5.66. The van der Waals surface area contributed by atoms with Gasteiger partial charge >= 0.3 is 8.80 Å². The minimum Gasteiger partial charge on any atom is -0.477 e. The SMILES string of the molecule is CO[Si]1(C)OC(C)C[O+]1C. The van der Waals surface area contributed by atoms with E-state index in [2.05, 4.69) is 11.0 Å². The van der Waals surface area contributed by atoms with Crippen LogP contribution in [0.5, 0.6) is 0 Å². The monoisotopic (exact) mass is 163 g/mol. The largest absolute Gasteiger partial charge is 0.716 e. The third-order valence-electron chi connectivity index (χ3n) is 1.90. The molecule has 10 heavy (non-hydrogen) atoms. The van der Waals surface area contributed by atoms with E-state index in [1.807, 2.05) is 13.7 Å². The first kappa shape index (κ1) is 8.20. The number of hydrogen-bond acceptors (Lipinski definition) is 2. The maximum Gasteiger partial charge on any atom is 0.716 e. The van der Waals surface area contributed by atoms with Gasteiger partial charge in [-0.1, -0.05) is 0 Å². The lowest BCUT2D eigenvalue weighted by Crippen LogP contribution is -2.42. The van der Waals surface area contributed by atoms with Gasteiger partial charge in [-0.05, 0) is 6.92 Å². The smallest absolute Gasteiger partial charge is 0.477 e. The summed E-state index contributed by atoms with van der Waals surface area (Å²) in [4.78, 5) is 0. The molecular weight excluding hydrogens is 148 g/mol. The van der Waals surface area contributed by atoms with Crippen LogP contribution in [0, 0.1) is 0 Å². The van der Waals surface area contributed by atoms with Crippen LogP contribution in [-0.4, -0.2) is 35.7 Å². The zero-order chi connectivity index (χ0) is 7.78. The van der Waals surface area contributed by atoms with Crippen molar-refractivity contribution in [1.82, 2.24) is 0 Å². The molecular formula is C6H15O3Si+. The molecule has 0 aromatic carbocycles. The van der Waals surface area contributed by atoms with Crippen LogP contribution in [0.15, 0.2) is 0 Å². The molecule has 1 heterocycles. The van der Waals surface area contributed by atoms with Gasteiger partial charge < -0.3 is 12.9 Å². The molecule has 0 aliphatic carbocycles. The van der Waals surface area contributed by atoms with E-state index < -0.39 is 8.80 Å². The summed E-state index contributed by atoms with van der Waals surface area (Å²) in [7, 11) is 1.70. The van der Waals surface area contributed by atoms with Crippen LogP contribution in [0.4, 0.5) is 0 Å². The lowest BCUT2D eigenvalue weighted by atomic mass is 10.5. The van der Waals surface area contributed by atoms with E-state index >= 15 is 0 Å². The Morgan fingerprint density at radius 2 is 2.30 bits per heavy atom. The summed E-state index contributed by atoms with van der Waals surface area (Å²) in [6.07, 6.45) is 0.298. The van der Waals surface area contributed by atoms with Crippen LogP contribution in [-0.2, 0) is 12.9 Å². The summed E-state index contributed by atoms with van der Waals surface area (Å²) in [5.41, 5.74) is 0. The Balaban J connectivity index is 2.61. The first-order valence-electron chi connectivity index (χ1n) is 3.44. The summed E-state index contributed by atoms with van der Waals surface area (Å²) in [6, 6.07) is 0. The standard InChI is InChI=1S/C6H15O3Si/c1-6-5-9(3)10(4,7-2)8-6/h6H,5H2,1-4H3/q+1. The normalized spacial score (nSPS) is 42.6. The molecule has 0 radical (unpaired) electrons. The molecule has 0 amide bonds. The first-order chi connectivity index (χ1) is 4.58. The van der Waals surface area contributed by atoms with Crippen LogP contribution in [0.3, 0.4) is 0 Å². The second kappa shape index (κ2) is 2.62. The van der Waals surface area contributed by atoms with E-state index in [9.17, 15) is 0 Å². The van der Waals surface area contributed by atoms with Gasteiger partial charge in [0.25, 0.3) is 0 Å². The van der Waals surface area contributed by atoms with Gasteiger partial charge in [-0.2, -0.15) is 0 Å². The van der Waals surface area contributed by atoms with E-state index in [0.29, 0.717) is 6.10 Å². The molecule has 1 saturated heterocycles. The zero-order valence-corrected chi connectivity index (χ0v) is 8.01. The van der Waals surface area contributed by atoms with E-state index in [1.165, 1.54) is 0 Å². The molecule has 1 rings (SSSR count). The van der Waals surface area contributed by atoms with Gasteiger partial charge in [-0.15, -0.1) is 0 Å². The molecule has 1 aliphatic rings. The van der Waals surface area contributed by atoms with Gasteiger partial charge in [0.1, 0.15) is 13.2 Å². The van der Waals surface area contributed by atoms with Crippen molar-refractivity contribution in [1.29, 1.82) is 0 Å². The fraction of sp³-hybridized carbons (Fsp3) is 1.00. The average Bonchev–Trinajstić information content (AvgIpc) is 2.09. The maximum absolute atomic E-state index is 5.62. The summed E-state index contributed by atoms with van der Waals surface area (Å²) >= 11 is 0. The highest BCUT2D eigenvalue weighted by Gasteiger charge is 2.56. The minimum atomic E-state index is -1.98. The van der Waals surface area contributed by atoms with E-state index in [1.54, 1.807) is 7.11 Å². The minimum absolute atomic E-state index is 0.298. The molecule has 1 aliphatic heterocycles.